The number of halogens is 1. The number of benzene rings is 1. The van der Waals surface area contributed by atoms with Crippen LogP contribution < -0.4 is 5.32 Å². The molecule has 1 aromatic heterocycles. The summed E-state index contributed by atoms with van der Waals surface area (Å²) in [6, 6.07) is 6.57. The summed E-state index contributed by atoms with van der Waals surface area (Å²) in [4.78, 5) is 5.39. The summed E-state index contributed by atoms with van der Waals surface area (Å²) < 4.78 is 12.7. The summed E-state index contributed by atoms with van der Waals surface area (Å²) in [6.07, 6.45) is 1.88. The van der Waals surface area contributed by atoms with Gasteiger partial charge >= 0.3 is 0 Å². The van der Waals surface area contributed by atoms with Gasteiger partial charge in [-0.25, -0.2) is 9.37 Å². The third-order valence-corrected chi connectivity index (χ3v) is 3.39. The molecular formula is C12H13FN2S. The zero-order valence-corrected chi connectivity index (χ0v) is 10.0. The van der Waals surface area contributed by atoms with Gasteiger partial charge in [-0.15, -0.1) is 11.3 Å². The van der Waals surface area contributed by atoms with Crippen molar-refractivity contribution in [1.82, 2.24) is 4.98 Å². The van der Waals surface area contributed by atoms with E-state index in [2.05, 4.69) is 17.2 Å². The second kappa shape index (κ2) is 4.61. The lowest BCUT2D eigenvalue weighted by Gasteiger charge is -2.12. The third kappa shape index (κ3) is 2.58. The third-order valence-electron chi connectivity index (χ3n) is 2.29. The number of rotatable bonds is 3. The van der Waals surface area contributed by atoms with Gasteiger partial charge in [0.05, 0.1) is 11.0 Å². The van der Waals surface area contributed by atoms with Gasteiger partial charge < -0.3 is 5.32 Å². The maximum atomic E-state index is 12.7. The molecule has 1 atom stereocenters. The Balaban J connectivity index is 2.07. The summed E-state index contributed by atoms with van der Waals surface area (Å²) in [7, 11) is 0. The van der Waals surface area contributed by atoms with Gasteiger partial charge in [-0.1, -0.05) is 0 Å². The number of nitrogens with zero attached hydrogens (tertiary/aromatic N) is 1. The number of anilines is 1. The Kier molecular flexibility index (Phi) is 3.19. The molecule has 2 nitrogen and oxygen atoms in total. The van der Waals surface area contributed by atoms with E-state index in [-0.39, 0.29) is 11.9 Å². The van der Waals surface area contributed by atoms with Gasteiger partial charge in [-0.2, -0.15) is 0 Å². The summed E-state index contributed by atoms with van der Waals surface area (Å²) in [6.45, 7) is 4.05. The van der Waals surface area contributed by atoms with Crippen LogP contribution in [0.25, 0.3) is 0 Å². The highest BCUT2D eigenvalue weighted by molar-refractivity contribution is 7.11. The van der Waals surface area contributed by atoms with E-state index in [1.165, 1.54) is 17.0 Å². The van der Waals surface area contributed by atoms with Crippen molar-refractivity contribution in [2.75, 3.05) is 5.32 Å². The molecule has 0 spiro atoms. The molecule has 0 saturated carbocycles. The zero-order chi connectivity index (χ0) is 11.5. The Morgan fingerprint density at radius 1 is 1.31 bits per heavy atom. The molecule has 4 heteroatoms. The van der Waals surface area contributed by atoms with Crippen molar-refractivity contribution in [3.05, 3.63) is 46.2 Å². The molecule has 2 aromatic rings. The van der Waals surface area contributed by atoms with Crippen molar-refractivity contribution in [3.63, 3.8) is 0 Å². The van der Waals surface area contributed by atoms with Gasteiger partial charge in [0.1, 0.15) is 5.82 Å². The number of hydrogen-bond donors (Lipinski definition) is 1. The minimum atomic E-state index is -0.216. The van der Waals surface area contributed by atoms with Crippen LogP contribution in [0.15, 0.2) is 30.5 Å². The van der Waals surface area contributed by atoms with Crippen LogP contribution in [0.3, 0.4) is 0 Å². The molecule has 1 aromatic carbocycles. The van der Waals surface area contributed by atoms with Gasteiger partial charge in [0, 0.05) is 16.8 Å². The average Bonchev–Trinajstić information content (AvgIpc) is 2.68. The van der Waals surface area contributed by atoms with Crippen LogP contribution in [0.2, 0.25) is 0 Å². The van der Waals surface area contributed by atoms with E-state index in [1.807, 2.05) is 13.1 Å². The predicted molar refractivity (Wildman–Crippen MR) is 65.3 cm³/mol. The van der Waals surface area contributed by atoms with E-state index in [4.69, 9.17) is 0 Å². The van der Waals surface area contributed by atoms with Crippen molar-refractivity contribution >= 4 is 17.0 Å². The maximum absolute atomic E-state index is 12.7. The lowest BCUT2D eigenvalue weighted by molar-refractivity contribution is 0.628. The summed E-state index contributed by atoms with van der Waals surface area (Å²) in [5.74, 6) is -0.216. The molecule has 0 saturated heterocycles. The first kappa shape index (κ1) is 11.1. The highest BCUT2D eigenvalue weighted by atomic mass is 32.1. The highest BCUT2D eigenvalue weighted by Crippen LogP contribution is 2.23. The first-order valence-corrected chi connectivity index (χ1v) is 5.91. The molecule has 0 amide bonds. The van der Waals surface area contributed by atoms with Gasteiger partial charge in [0.2, 0.25) is 0 Å². The molecule has 1 heterocycles. The average molecular weight is 236 g/mol. The van der Waals surface area contributed by atoms with Crippen LogP contribution in [0, 0.1) is 12.7 Å². The van der Waals surface area contributed by atoms with E-state index in [1.54, 1.807) is 23.5 Å². The SMILES string of the molecule is Cc1ncc(C(C)Nc2ccc(F)cc2)s1. The molecule has 0 bridgehead atoms. The summed E-state index contributed by atoms with van der Waals surface area (Å²) in [5.41, 5.74) is 0.917. The number of nitrogens with one attached hydrogen (secondary N) is 1. The smallest absolute Gasteiger partial charge is 0.123 e. The normalized spacial score (nSPS) is 12.4. The molecule has 84 valence electrons. The Hall–Kier alpha value is -1.42. The second-order valence-electron chi connectivity index (χ2n) is 3.65. The van der Waals surface area contributed by atoms with Crippen molar-refractivity contribution in [1.29, 1.82) is 0 Å². The van der Waals surface area contributed by atoms with Crippen LogP contribution in [0.1, 0.15) is 22.9 Å². The van der Waals surface area contributed by atoms with Crippen molar-refractivity contribution in [2.45, 2.75) is 19.9 Å². The summed E-state index contributed by atoms with van der Waals surface area (Å²) >= 11 is 1.67. The molecule has 2 rings (SSSR count). The molecule has 0 aliphatic heterocycles. The Labute approximate surface area is 98.2 Å². The van der Waals surface area contributed by atoms with Crippen LogP contribution in [-0.2, 0) is 0 Å². The lowest BCUT2D eigenvalue weighted by atomic mass is 10.2. The van der Waals surface area contributed by atoms with E-state index >= 15 is 0 Å². The molecule has 0 aliphatic carbocycles. The quantitative estimate of drug-likeness (QED) is 0.877. The predicted octanol–water partition coefficient (Wildman–Crippen LogP) is 3.76. The minimum Gasteiger partial charge on any atom is -0.378 e. The molecule has 16 heavy (non-hydrogen) atoms. The van der Waals surface area contributed by atoms with Crippen molar-refractivity contribution < 1.29 is 4.39 Å². The van der Waals surface area contributed by atoms with Gasteiger partial charge in [0.15, 0.2) is 0 Å². The molecule has 0 radical (unpaired) electrons. The largest absolute Gasteiger partial charge is 0.378 e. The Morgan fingerprint density at radius 2 is 2.00 bits per heavy atom. The molecule has 1 unspecified atom stereocenters. The van der Waals surface area contributed by atoms with Gasteiger partial charge in [0.25, 0.3) is 0 Å². The lowest BCUT2D eigenvalue weighted by Crippen LogP contribution is -2.04. The minimum absolute atomic E-state index is 0.191. The fraction of sp³-hybridized carbons (Fsp3) is 0.250. The second-order valence-corrected chi connectivity index (χ2v) is 4.92. The summed E-state index contributed by atoms with van der Waals surface area (Å²) in [5, 5.41) is 4.36. The first-order valence-electron chi connectivity index (χ1n) is 5.09. The standard InChI is InChI=1S/C12H13FN2S/c1-8(12-7-14-9(2)16-12)15-11-5-3-10(13)4-6-11/h3-8,15H,1-2H3. The van der Waals surface area contributed by atoms with Crippen LogP contribution in [0.4, 0.5) is 10.1 Å². The number of aryl methyl sites for hydroxylation is 1. The molecule has 0 fully saturated rings. The zero-order valence-electron chi connectivity index (χ0n) is 9.20. The fourth-order valence-electron chi connectivity index (χ4n) is 1.45. The number of hydrogen-bond acceptors (Lipinski definition) is 3. The molecule has 1 N–H and O–H groups in total. The van der Waals surface area contributed by atoms with Crippen molar-refractivity contribution in [3.8, 4) is 0 Å². The molecular weight excluding hydrogens is 223 g/mol. The fourth-order valence-corrected chi connectivity index (χ4v) is 2.23. The number of aromatic nitrogens is 1. The van der Waals surface area contributed by atoms with Crippen LogP contribution >= 0.6 is 11.3 Å². The number of thiazole rings is 1. The van der Waals surface area contributed by atoms with Gasteiger partial charge in [-0.05, 0) is 38.1 Å². The van der Waals surface area contributed by atoms with Crippen LogP contribution in [-0.4, -0.2) is 4.98 Å². The van der Waals surface area contributed by atoms with E-state index in [0.717, 1.165) is 10.7 Å². The first-order chi connectivity index (χ1) is 7.65. The van der Waals surface area contributed by atoms with E-state index in [0.29, 0.717) is 0 Å². The van der Waals surface area contributed by atoms with E-state index < -0.39 is 0 Å². The highest BCUT2D eigenvalue weighted by Gasteiger charge is 2.08. The van der Waals surface area contributed by atoms with Gasteiger partial charge in [-0.3, -0.25) is 0 Å². The Bertz CT molecular complexity index is 464. The molecule has 0 aliphatic rings. The van der Waals surface area contributed by atoms with Crippen molar-refractivity contribution in [2.24, 2.45) is 0 Å². The van der Waals surface area contributed by atoms with E-state index in [9.17, 15) is 4.39 Å². The Morgan fingerprint density at radius 3 is 2.56 bits per heavy atom. The van der Waals surface area contributed by atoms with Crippen LogP contribution in [0.5, 0.6) is 0 Å². The topological polar surface area (TPSA) is 24.9 Å². The monoisotopic (exact) mass is 236 g/mol. The maximum Gasteiger partial charge on any atom is 0.123 e.